The fraction of sp³-hybridized carbons (Fsp3) is 0.600. The minimum Gasteiger partial charge on any atom is -0.480 e. The number of ether oxygens (including phenoxy) is 2. The van der Waals surface area contributed by atoms with Crippen molar-refractivity contribution < 1.29 is 28.2 Å². The molecule has 5 rings (SSSR count). The minimum absolute atomic E-state index is 0.0465. The molecule has 0 radical (unpaired) electrons. The molecule has 2 aliphatic heterocycles. The number of aliphatic carboxylic acids is 1. The number of nitrogens with one attached hydrogen (secondary N) is 1. The van der Waals surface area contributed by atoms with Gasteiger partial charge in [0, 0.05) is 43.1 Å². The molecular formula is C30H39F2N3O4. The predicted octanol–water partition coefficient (Wildman–Crippen LogP) is 5.59. The van der Waals surface area contributed by atoms with Crippen molar-refractivity contribution in [3.05, 3.63) is 58.3 Å². The molecule has 2 aromatic rings. The monoisotopic (exact) mass is 543 g/mol. The summed E-state index contributed by atoms with van der Waals surface area (Å²) >= 11 is 0. The lowest BCUT2D eigenvalue weighted by Crippen LogP contribution is -2.49. The van der Waals surface area contributed by atoms with Crippen LogP contribution in [0.25, 0.3) is 0 Å². The van der Waals surface area contributed by atoms with Crippen LogP contribution in [-0.4, -0.2) is 59.9 Å². The number of halogens is 2. The van der Waals surface area contributed by atoms with Crippen LogP contribution in [0.1, 0.15) is 85.9 Å². The van der Waals surface area contributed by atoms with Gasteiger partial charge in [-0.3, -0.25) is 9.69 Å². The van der Waals surface area contributed by atoms with Crippen molar-refractivity contribution >= 4 is 11.8 Å². The van der Waals surface area contributed by atoms with E-state index in [4.69, 9.17) is 14.5 Å². The molecule has 1 aliphatic carbocycles. The summed E-state index contributed by atoms with van der Waals surface area (Å²) in [6.07, 6.45) is 8.25. The number of benzene rings is 1. The first kappa shape index (κ1) is 27.9. The molecule has 1 aromatic carbocycles. The van der Waals surface area contributed by atoms with E-state index in [9.17, 15) is 18.7 Å². The van der Waals surface area contributed by atoms with E-state index in [1.165, 1.54) is 5.56 Å². The molecule has 9 heteroatoms. The zero-order valence-corrected chi connectivity index (χ0v) is 22.6. The summed E-state index contributed by atoms with van der Waals surface area (Å²) in [5, 5.41) is 13.5. The third-order valence-corrected chi connectivity index (χ3v) is 8.34. The van der Waals surface area contributed by atoms with Crippen LogP contribution >= 0.6 is 0 Å². The predicted molar refractivity (Wildman–Crippen MR) is 144 cm³/mol. The molecule has 1 aromatic heterocycles. The van der Waals surface area contributed by atoms with Gasteiger partial charge in [-0.15, -0.1) is 0 Å². The van der Waals surface area contributed by atoms with Crippen LogP contribution in [0.5, 0.6) is 0 Å². The van der Waals surface area contributed by atoms with Crippen molar-refractivity contribution in [1.29, 1.82) is 0 Å². The van der Waals surface area contributed by atoms with Crippen LogP contribution in [-0.2, 0) is 27.1 Å². The molecule has 1 saturated carbocycles. The molecule has 2 atom stereocenters. The van der Waals surface area contributed by atoms with Crippen molar-refractivity contribution in [2.75, 3.05) is 32.1 Å². The highest BCUT2D eigenvalue weighted by molar-refractivity contribution is 5.76. The molecular weight excluding hydrogens is 504 g/mol. The molecule has 2 fully saturated rings. The molecule has 2 N–H and O–H groups in total. The lowest BCUT2D eigenvalue weighted by molar-refractivity contribution is -0.146. The van der Waals surface area contributed by atoms with E-state index >= 15 is 0 Å². The van der Waals surface area contributed by atoms with E-state index in [0.29, 0.717) is 32.5 Å². The van der Waals surface area contributed by atoms with Gasteiger partial charge in [0.15, 0.2) is 0 Å². The lowest BCUT2D eigenvalue weighted by Gasteiger charge is -2.43. The summed E-state index contributed by atoms with van der Waals surface area (Å²) in [7, 11) is 1.72. The Labute approximate surface area is 228 Å². The summed E-state index contributed by atoms with van der Waals surface area (Å²) in [6, 6.07) is 5.07. The van der Waals surface area contributed by atoms with Crippen molar-refractivity contribution in [2.45, 2.75) is 88.5 Å². The van der Waals surface area contributed by atoms with Gasteiger partial charge in [-0.1, -0.05) is 6.07 Å². The van der Waals surface area contributed by atoms with Crippen LogP contribution in [0, 0.1) is 11.6 Å². The Bertz CT molecular complexity index is 1150. The second-order valence-corrected chi connectivity index (χ2v) is 11.1. The number of nitrogens with zero attached hydrogens (tertiary/aromatic N) is 2. The molecule has 212 valence electrons. The largest absolute Gasteiger partial charge is 0.480 e. The fourth-order valence-electron chi connectivity index (χ4n) is 6.05. The summed E-state index contributed by atoms with van der Waals surface area (Å²) in [6.45, 7) is 2.11. The van der Waals surface area contributed by atoms with Gasteiger partial charge in [0.1, 0.15) is 23.5 Å². The first-order valence-electron chi connectivity index (χ1n) is 14.3. The highest BCUT2D eigenvalue weighted by Gasteiger charge is 2.40. The van der Waals surface area contributed by atoms with Crippen LogP contribution in [0.15, 0.2) is 24.3 Å². The van der Waals surface area contributed by atoms with Crippen LogP contribution < -0.4 is 5.32 Å². The zero-order valence-electron chi connectivity index (χ0n) is 22.6. The second-order valence-electron chi connectivity index (χ2n) is 11.1. The number of unbranched alkanes of at least 4 members (excludes halogenated alkanes) is 1. The van der Waals surface area contributed by atoms with Gasteiger partial charge < -0.3 is 19.9 Å². The van der Waals surface area contributed by atoms with E-state index < -0.39 is 29.7 Å². The summed E-state index contributed by atoms with van der Waals surface area (Å²) < 4.78 is 41.1. The van der Waals surface area contributed by atoms with Crippen molar-refractivity contribution in [2.24, 2.45) is 0 Å². The smallest absolute Gasteiger partial charge is 0.325 e. The number of fused-ring (bicyclic) bond motifs is 1. The number of carbonyl (C=O) groups is 1. The Morgan fingerprint density at radius 3 is 2.85 bits per heavy atom. The maximum atomic E-state index is 15.0. The van der Waals surface area contributed by atoms with Crippen LogP contribution in [0.4, 0.5) is 14.6 Å². The van der Waals surface area contributed by atoms with E-state index in [0.717, 1.165) is 75.1 Å². The molecule has 0 bridgehead atoms. The van der Waals surface area contributed by atoms with Gasteiger partial charge in [-0.2, -0.15) is 0 Å². The number of hydrogen-bond donors (Lipinski definition) is 2. The van der Waals surface area contributed by atoms with Gasteiger partial charge in [0.2, 0.25) is 0 Å². The Kier molecular flexibility index (Phi) is 9.10. The highest BCUT2D eigenvalue weighted by atomic mass is 19.1. The summed E-state index contributed by atoms with van der Waals surface area (Å²) in [5.41, 5.74) is 2.71. The lowest BCUT2D eigenvalue weighted by atomic mass is 9.85. The number of carboxylic acids is 1. The van der Waals surface area contributed by atoms with E-state index in [-0.39, 0.29) is 23.3 Å². The number of hydrogen-bond acceptors (Lipinski definition) is 6. The number of carboxylic acid groups (broad SMARTS) is 1. The first-order valence-corrected chi connectivity index (χ1v) is 14.3. The molecule has 3 heterocycles. The number of pyridine rings is 1. The van der Waals surface area contributed by atoms with Crippen LogP contribution in [0.2, 0.25) is 0 Å². The van der Waals surface area contributed by atoms with E-state index in [1.54, 1.807) is 11.9 Å². The molecule has 3 aliphatic rings. The van der Waals surface area contributed by atoms with Gasteiger partial charge in [-0.05, 0) is 94.5 Å². The van der Waals surface area contributed by atoms with Crippen LogP contribution in [0.3, 0.4) is 0 Å². The van der Waals surface area contributed by atoms with Gasteiger partial charge >= 0.3 is 5.97 Å². The van der Waals surface area contributed by atoms with Gasteiger partial charge in [0.25, 0.3) is 0 Å². The Hall–Kier alpha value is -2.62. The van der Waals surface area contributed by atoms with E-state index in [2.05, 4.69) is 17.4 Å². The molecule has 7 nitrogen and oxygen atoms in total. The van der Waals surface area contributed by atoms with Crippen molar-refractivity contribution in [3.63, 3.8) is 0 Å². The average molecular weight is 544 g/mol. The number of rotatable bonds is 11. The third kappa shape index (κ3) is 6.58. The van der Waals surface area contributed by atoms with E-state index in [1.807, 2.05) is 0 Å². The SMILES string of the molecule is CN(C1CC(OCCCCc2ccc3c(n2)NCCC3)C1)[C@@H](C(=O)O)c1cc(F)cc(F)c1[C@@H]1CCCCO1. The molecule has 0 spiro atoms. The number of likely N-dealkylation sites (N-methyl/N-ethyl adjacent to an activating group) is 1. The van der Waals surface area contributed by atoms with Gasteiger partial charge in [-0.25, -0.2) is 13.8 Å². The number of aryl methyl sites for hydroxylation is 2. The highest BCUT2D eigenvalue weighted by Crippen LogP contribution is 2.39. The Morgan fingerprint density at radius 1 is 1.23 bits per heavy atom. The fourth-order valence-corrected chi connectivity index (χ4v) is 6.05. The summed E-state index contributed by atoms with van der Waals surface area (Å²) in [5.74, 6) is -1.62. The summed E-state index contributed by atoms with van der Waals surface area (Å²) in [4.78, 5) is 18.9. The molecule has 1 saturated heterocycles. The van der Waals surface area contributed by atoms with Crippen molar-refractivity contribution in [1.82, 2.24) is 9.88 Å². The quantitative estimate of drug-likeness (QED) is 0.358. The maximum Gasteiger partial charge on any atom is 0.325 e. The first-order chi connectivity index (χ1) is 18.9. The number of aromatic nitrogens is 1. The standard InChI is InChI=1S/C30H39F2N3O4/c1-35(28(30(36)37)24-15-20(31)16-25(32)27(24)26-9-3-5-14-39-26)22-17-23(18-22)38-13-4-2-8-21-11-10-19-7-6-12-33-29(19)34-21/h10-11,15-16,22-23,26,28H,2-9,12-14,17-18H2,1H3,(H,33,34)(H,36,37)/t22?,23?,26-,28+/m0/s1. The zero-order chi connectivity index (χ0) is 27.4. The Balaban J connectivity index is 1.12. The molecule has 0 unspecified atom stereocenters. The second kappa shape index (κ2) is 12.7. The average Bonchev–Trinajstić information content (AvgIpc) is 2.89. The topological polar surface area (TPSA) is 83.9 Å². The minimum atomic E-state index is -1.17. The normalized spacial score (nSPS) is 23.5. The number of anilines is 1. The Morgan fingerprint density at radius 2 is 2.08 bits per heavy atom. The van der Waals surface area contributed by atoms with Gasteiger partial charge in [0.05, 0.1) is 12.2 Å². The van der Waals surface area contributed by atoms with Crippen molar-refractivity contribution in [3.8, 4) is 0 Å². The molecule has 39 heavy (non-hydrogen) atoms. The molecule has 0 amide bonds. The maximum absolute atomic E-state index is 15.0. The third-order valence-electron chi connectivity index (χ3n) is 8.34.